The number of fused-ring (bicyclic) bond motifs is 5. The van der Waals surface area contributed by atoms with Crippen molar-refractivity contribution in [2.24, 2.45) is 23.2 Å². The highest BCUT2D eigenvalue weighted by Crippen LogP contribution is 2.59. The fourth-order valence-corrected chi connectivity index (χ4v) is 7.07. The monoisotopic (exact) mass is 355 g/mol. The average Bonchev–Trinajstić information content (AvgIpc) is 3.17. The minimum Gasteiger partial charge on any atom is -0.479 e. The third-order valence-electron chi connectivity index (χ3n) is 6.66. The van der Waals surface area contributed by atoms with Gasteiger partial charge in [0.25, 0.3) is 0 Å². The Kier molecular flexibility index (Phi) is 3.82. The molecule has 4 rings (SSSR count). The number of ether oxygens (including phenoxy) is 1. The number of carboxylic acids is 1. The average molecular weight is 355 g/mol. The van der Waals surface area contributed by atoms with Crippen LogP contribution in [-0.2, 0) is 19.6 Å². The molecule has 2 bridgehead atoms. The van der Waals surface area contributed by atoms with Crippen LogP contribution in [-0.4, -0.2) is 54.8 Å². The van der Waals surface area contributed by atoms with E-state index in [1.807, 2.05) is 0 Å². The van der Waals surface area contributed by atoms with Crippen molar-refractivity contribution in [3.63, 3.8) is 0 Å². The molecule has 0 amide bonds. The summed E-state index contributed by atoms with van der Waals surface area (Å²) in [5, 5.41) is 9.08. The summed E-state index contributed by atoms with van der Waals surface area (Å²) in [4.78, 5) is 11.1. The first kappa shape index (κ1) is 16.5. The number of nitrogens with zero attached hydrogens (tertiary/aromatic N) is 1. The highest BCUT2D eigenvalue weighted by Gasteiger charge is 2.59. The first-order valence-corrected chi connectivity index (χ1v) is 10.4. The van der Waals surface area contributed by atoms with Crippen LogP contribution in [0.1, 0.15) is 32.6 Å². The molecular weight excluding hydrogens is 330 g/mol. The van der Waals surface area contributed by atoms with E-state index in [4.69, 9.17) is 9.84 Å². The zero-order valence-corrected chi connectivity index (χ0v) is 14.7. The van der Waals surface area contributed by atoms with E-state index < -0.39 is 28.2 Å². The van der Waals surface area contributed by atoms with E-state index in [2.05, 4.69) is 19.1 Å². The summed E-state index contributed by atoms with van der Waals surface area (Å²) in [7, 11) is -3.42. The summed E-state index contributed by atoms with van der Waals surface area (Å²) in [5.74, 6) is 0.337. The zero-order chi connectivity index (χ0) is 17.1. The molecule has 6 nitrogen and oxygen atoms in total. The van der Waals surface area contributed by atoms with Crippen LogP contribution in [0.2, 0.25) is 0 Å². The number of carboxylic acid groups (broad SMARTS) is 1. The van der Waals surface area contributed by atoms with Gasteiger partial charge in [-0.15, -0.1) is 0 Å². The Labute approximate surface area is 142 Å². The van der Waals surface area contributed by atoms with Gasteiger partial charge in [-0.25, -0.2) is 17.5 Å². The third-order valence-corrected chi connectivity index (χ3v) is 8.52. The van der Waals surface area contributed by atoms with E-state index in [-0.39, 0.29) is 11.2 Å². The molecule has 0 radical (unpaired) electrons. The molecule has 2 heterocycles. The van der Waals surface area contributed by atoms with Crippen molar-refractivity contribution in [1.82, 2.24) is 4.31 Å². The molecule has 1 N–H and O–H groups in total. The molecule has 7 heteroatoms. The van der Waals surface area contributed by atoms with Gasteiger partial charge in [-0.1, -0.05) is 19.1 Å². The van der Waals surface area contributed by atoms with Gasteiger partial charge in [-0.05, 0) is 48.9 Å². The highest BCUT2D eigenvalue weighted by atomic mass is 32.2. The standard InChI is InChI=1S/C17H25NO5S/c1-17-10-18(8-14(17)11-5-6-12(17)7-11)24(21,22)9-13-3-2-4-15(23-13)16(19)20/h5-6,11-15H,2-4,7-10H2,1H3,(H,19,20)/t11-,12+,13-,14-,15-,17+/m0/s1. The summed E-state index contributed by atoms with van der Waals surface area (Å²) >= 11 is 0. The Morgan fingerprint density at radius 2 is 2.17 bits per heavy atom. The third kappa shape index (κ3) is 2.52. The molecule has 4 aliphatic rings. The summed E-state index contributed by atoms with van der Waals surface area (Å²) in [5.41, 5.74) is 0.0590. The van der Waals surface area contributed by atoms with Crippen molar-refractivity contribution in [3.8, 4) is 0 Å². The fourth-order valence-electron chi connectivity index (χ4n) is 5.28. The Balaban J connectivity index is 1.44. The molecule has 2 saturated heterocycles. The van der Waals surface area contributed by atoms with Crippen LogP contribution in [0.5, 0.6) is 0 Å². The lowest BCUT2D eigenvalue weighted by molar-refractivity contribution is -0.157. The van der Waals surface area contributed by atoms with Crippen molar-refractivity contribution in [2.75, 3.05) is 18.8 Å². The molecule has 24 heavy (non-hydrogen) atoms. The van der Waals surface area contributed by atoms with Crippen LogP contribution < -0.4 is 0 Å². The van der Waals surface area contributed by atoms with E-state index in [0.717, 1.165) is 0 Å². The lowest BCUT2D eigenvalue weighted by Gasteiger charge is -2.32. The summed E-state index contributed by atoms with van der Waals surface area (Å²) < 4.78 is 32.9. The van der Waals surface area contributed by atoms with E-state index >= 15 is 0 Å². The molecule has 2 aliphatic carbocycles. The van der Waals surface area contributed by atoms with E-state index in [9.17, 15) is 13.2 Å². The van der Waals surface area contributed by atoms with Gasteiger partial charge in [-0.3, -0.25) is 0 Å². The van der Waals surface area contributed by atoms with Crippen LogP contribution in [0.4, 0.5) is 0 Å². The van der Waals surface area contributed by atoms with Crippen LogP contribution in [0.15, 0.2) is 12.2 Å². The van der Waals surface area contributed by atoms with Gasteiger partial charge in [-0.2, -0.15) is 0 Å². The maximum Gasteiger partial charge on any atom is 0.332 e. The Morgan fingerprint density at radius 3 is 2.88 bits per heavy atom. The Morgan fingerprint density at radius 1 is 1.38 bits per heavy atom. The van der Waals surface area contributed by atoms with Crippen molar-refractivity contribution < 1.29 is 23.1 Å². The van der Waals surface area contributed by atoms with Crippen LogP contribution in [0, 0.1) is 23.2 Å². The topological polar surface area (TPSA) is 83.9 Å². The number of hydrogen-bond acceptors (Lipinski definition) is 4. The smallest absolute Gasteiger partial charge is 0.332 e. The molecule has 6 atom stereocenters. The van der Waals surface area contributed by atoms with Crippen LogP contribution in [0.25, 0.3) is 0 Å². The maximum atomic E-state index is 12.9. The van der Waals surface area contributed by atoms with Gasteiger partial charge in [0.05, 0.1) is 11.9 Å². The van der Waals surface area contributed by atoms with Crippen LogP contribution in [0.3, 0.4) is 0 Å². The number of rotatable bonds is 4. The SMILES string of the molecule is C[C@]12CN(S(=O)(=O)C[C@@H]3CCC[C@@H](C(=O)O)O3)C[C@H]1[C@H]1C=C[C@@H]2C1. The predicted molar refractivity (Wildman–Crippen MR) is 87.8 cm³/mol. The molecule has 0 unspecified atom stereocenters. The van der Waals surface area contributed by atoms with E-state index in [1.54, 1.807) is 4.31 Å². The number of carbonyl (C=O) groups is 1. The molecule has 2 aliphatic heterocycles. The molecule has 0 aromatic heterocycles. The molecule has 134 valence electrons. The number of hydrogen-bond donors (Lipinski definition) is 1. The quantitative estimate of drug-likeness (QED) is 0.772. The number of allylic oxidation sites excluding steroid dienone is 2. The largest absolute Gasteiger partial charge is 0.479 e. The van der Waals surface area contributed by atoms with Gasteiger partial charge in [0.1, 0.15) is 0 Å². The molecule has 0 aromatic carbocycles. The predicted octanol–water partition coefficient (Wildman–Crippen LogP) is 1.48. The highest BCUT2D eigenvalue weighted by molar-refractivity contribution is 7.89. The van der Waals surface area contributed by atoms with Gasteiger partial charge in [0.2, 0.25) is 10.0 Å². The van der Waals surface area contributed by atoms with E-state index in [0.29, 0.717) is 50.1 Å². The summed E-state index contributed by atoms with van der Waals surface area (Å²) in [6, 6.07) is 0. The fraction of sp³-hybridized carbons (Fsp3) is 0.824. The van der Waals surface area contributed by atoms with Gasteiger partial charge in [0.15, 0.2) is 6.10 Å². The van der Waals surface area contributed by atoms with Gasteiger partial charge < -0.3 is 9.84 Å². The molecule has 0 aromatic rings. The summed E-state index contributed by atoms with van der Waals surface area (Å²) in [6.07, 6.45) is 6.10. The normalized spacial score (nSPS) is 44.8. The maximum absolute atomic E-state index is 12.9. The molecular formula is C17H25NO5S. The first-order chi connectivity index (χ1) is 11.3. The van der Waals surface area contributed by atoms with E-state index in [1.165, 1.54) is 6.42 Å². The van der Waals surface area contributed by atoms with Gasteiger partial charge >= 0.3 is 5.97 Å². The second-order valence-corrected chi connectivity index (χ2v) is 10.1. The van der Waals surface area contributed by atoms with Crippen LogP contribution >= 0.6 is 0 Å². The Hall–Kier alpha value is -0.920. The van der Waals surface area contributed by atoms with Crippen molar-refractivity contribution in [1.29, 1.82) is 0 Å². The molecule has 3 fully saturated rings. The molecule has 0 spiro atoms. The van der Waals surface area contributed by atoms with Crippen molar-refractivity contribution in [2.45, 2.75) is 44.8 Å². The lowest BCUT2D eigenvalue weighted by atomic mass is 9.72. The minimum absolute atomic E-state index is 0.0590. The first-order valence-electron chi connectivity index (χ1n) is 8.84. The number of aliphatic carboxylic acids is 1. The lowest BCUT2D eigenvalue weighted by Crippen LogP contribution is -2.42. The van der Waals surface area contributed by atoms with Gasteiger partial charge in [0, 0.05) is 13.1 Å². The van der Waals surface area contributed by atoms with Crippen molar-refractivity contribution >= 4 is 16.0 Å². The Bertz CT molecular complexity index is 674. The second-order valence-electron chi connectivity index (χ2n) is 8.09. The zero-order valence-electron chi connectivity index (χ0n) is 13.9. The summed E-state index contributed by atoms with van der Waals surface area (Å²) in [6.45, 7) is 3.40. The minimum atomic E-state index is -3.42. The molecule has 1 saturated carbocycles. The number of sulfonamides is 1. The second kappa shape index (κ2) is 5.54. The van der Waals surface area contributed by atoms with Crippen molar-refractivity contribution in [3.05, 3.63) is 12.2 Å².